The van der Waals surface area contributed by atoms with Crippen LogP contribution in [0.2, 0.25) is 0 Å². The minimum Gasteiger partial charge on any atom is -0.465 e. The quantitative estimate of drug-likeness (QED) is 0.498. The number of rotatable bonds is 7. The Morgan fingerprint density at radius 1 is 0.929 bits per heavy atom. The molecule has 0 aliphatic rings. The number of ether oxygens (including phenoxy) is 1. The third-order valence-electron chi connectivity index (χ3n) is 3.75. The summed E-state index contributed by atoms with van der Waals surface area (Å²) in [5.41, 5.74) is 1.72. The van der Waals surface area contributed by atoms with Crippen molar-refractivity contribution in [3.8, 4) is 0 Å². The molecule has 5 heteroatoms. The van der Waals surface area contributed by atoms with E-state index in [1.807, 2.05) is 60.7 Å². The molecule has 0 saturated carbocycles. The van der Waals surface area contributed by atoms with Crippen molar-refractivity contribution in [1.29, 1.82) is 0 Å². The van der Waals surface area contributed by atoms with E-state index < -0.39 is 11.9 Å². The van der Waals surface area contributed by atoms with Gasteiger partial charge in [0.2, 0.25) is 5.91 Å². The van der Waals surface area contributed by atoms with Crippen LogP contribution in [-0.2, 0) is 20.9 Å². The second-order valence-electron chi connectivity index (χ2n) is 5.87. The van der Waals surface area contributed by atoms with Crippen LogP contribution in [0.1, 0.15) is 16.9 Å². The number of amides is 1. The first-order chi connectivity index (χ1) is 13.7. The zero-order valence-corrected chi connectivity index (χ0v) is 15.1. The summed E-state index contributed by atoms with van der Waals surface area (Å²) in [5.74, 6) is -0.668. The number of hydrogen-bond donors (Lipinski definition) is 1. The lowest BCUT2D eigenvalue weighted by Crippen LogP contribution is -2.27. The first-order valence-corrected chi connectivity index (χ1v) is 8.71. The van der Waals surface area contributed by atoms with Crippen molar-refractivity contribution in [2.24, 2.45) is 0 Å². The maximum absolute atomic E-state index is 12.5. The van der Waals surface area contributed by atoms with Crippen LogP contribution in [0.5, 0.6) is 0 Å². The average molecular weight is 373 g/mol. The van der Waals surface area contributed by atoms with Gasteiger partial charge in [-0.3, -0.25) is 4.79 Å². The van der Waals surface area contributed by atoms with E-state index in [2.05, 4.69) is 5.32 Å². The number of hydrogen-bond acceptors (Lipinski definition) is 4. The van der Waals surface area contributed by atoms with Crippen LogP contribution in [0.4, 0.5) is 0 Å². The molecule has 3 rings (SSSR count). The molecule has 0 radical (unpaired) electrons. The third-order valence-corrected chi connectivity index (χ3v) is 3.75. The van der Waals surface area contributed by atoms with Crippen molar-refractivity contribution < 1.29 is 18.7 Å². The lowest BCUT2D eigenvalue weighted by atomic mass is 10.2. The van der Waals surface area contributed by atoms with Crippen molar-refractivity contribution in [3.63, 3.8) is 0 Å². The summed E-state index contributed by atoms with van der Waals surface area (Å²) >= 11 is 0. The van der Waals surface area contributed by atoms with Gasteiger partial charge in [-0.05, 0) is 29.3 Å². The number of benzene rings is 2. The summed E-state index contributed by atoms with van der Waals surface area (Å²) in [6, 6.07) is 22.1. The molecule has 1 heterocycles. The van der Waals surface area contributed by atoms with Gasteiger partial charge in [-0.2, -0.15) is 0 Å². The second-order valence-corrected chi connectivity index (χ2v) is 5.87. The standard InChI is InChI=1S/C23H19NO4/c25-22(14-13-18-8-3-1-4-9-18)24-21(16-20-12-7-15-27-20)23(26)28-17-19-10-5-2-6-11-19/h1-16H,17H2,(H,24,25). The maximum Gasteiger partial charge on any atom is 0.355 e. The molecule has 28 heavy (non-hydrogen) atoms. The SMILES string of the molecule is O=C(C=Cc1ccccc1)NC(=Cc1ccco1)C(=O)OCc1ccccc1. The highest BCUT2D eigenvalue weighted by Gasteiger charge is 2.14. The van der Waals surface area contributed by atoms with Gasteiger partial charge in [0.05, 0.1) is 6.26 Å². The Hall–Kier alpha value is -3.86. The Morgan fingerprint density at radius 3 is 2.32 bits per heavy atom. The van der Waals surface area contributed by atoms with Crippen molar-refractivity contribution in [2.75, 3.05) is 0 Å². The van der Waals surface area contributed by atoms with Gasteiger partial charge in [-0.25, -0.2) is 4.79 Å². The maximum atomic E-state index is 12.5. The van der Waals surface area contributed by atoms with E-state index in [9.17, 15) is 9.59 Å². The predicted molar refractivity (Wildman–Crippen MR) is 107 cm³/mol. The summed E-state index contributed by atoms with van der Waals surface area (Å²) < 4.78 is 10.5. The predicted octanol–water partition coefficient (Wildman–Crippen LogP) is 4.19. The van der Waals surface area contributed by atoms with Gasteiger partial charge < -0.3 is 14.5 Å². The van der Waals surface area contributed by atoms with Crippen LogP contribution in [-0.4, -0.2) is 11.9 Å². The summed E-state index contributed by atoms with van der Waals surface area (Å²) in [7, 11) is 0. The molecule has 3 aromatic rings. The van der Waals surface area contributed by atoms with Crippen LogP contribution >= 0.6 is 0 Å². The molecule has 0 aliphatic carbocycles. The molecular formula is C23H19NO4. The lowest BCUT2D eigenvalue weighted by molar-refractivity contribution is -0.141. The highest BCUT2D eigenvalue weighted by atomic mass is 16.5. The Morgan fingerprint density at radius 2 is 1.64 bits per heavy atom. The zero-order chi connectivity index (χ0) is 19.6. The fraction of sp³-hybridized carbons (Fsp3) is 0.0435. The topological polar surface area (TPSA) is 68.5 Å². The van der Waals surface area contributed by atoms with E-state index in [1.165, 1.54) is 18.4 Å². The van der Waals surface area contributed by atoms with Gasteiger partial charge in [-0.1, -0.05) is 60.7 Å². The minimum atomic E-state index is -0.651. The molecule has 0 atom stereocenters. The van der Waals surface area contributed by atoms with E-state index in [0.29, 0.717) is 5.76 Å². The normalized spacial score (nSPS) is 11.4. The largest absolute Gasteiger partial charge is 0.465 e. The summed E-state index contributed by atoms with van der Waals surface area (Å²) in [5, 5.41) is 2.56. The van der Waals surface area contributed by atoms with Crippen LogP contribution in [0.15, 0.2) is 95.2 Å². The first kappa shape index (κ1) is 18.9. The van der Waals surface area contributed by atoms with E-state index >= 15 is 0 Å². The van der Waals surface area contributed by atoms with E-state index in [4.69, 9.17) is 9.15 Å². The first-order valence-electron chi connectivity index (χ1n) is 8.71. The molecule has 0 fully saturated rings. The molecule has 2 aromatic carbocycles. The van der Waals surface area contributed by atoms with Crippen LogP contribution in [0.25, 0.3) is 12.2 Å². The van der Waals surface area contributed by atoms with Crippen molar-refractivity contribution in [2.45, 2.75) is 6.61 Å². The molecule has 0 bridgehead atoms. The van der Waals surface area contributed by atoms with Crippen LogP contribution in [0, 0.1) is 0 Å². The molecule has 1 N–H and O–H groups in total. The van der Waals surface area contributed by atoms with Crippen molar-refractivity contribution in [3.05, 3.63) is 108 Å². The highest BCUT2D eigenvalue weighted by molar-refractivity contribution is 6.01. The van der Waals surface area contributed by atoms with Gasteiger partial charge in [0.15, 0.2) is 0 Å². The lowest BCUT2D eigenvalue weighted by Gasteiger charge is -2.09. The molecule has 0 saturated heterocycles. The molecule has 1 aromatic heterocycles. The Kier molecular flexibility index (Phi) is 6.57. The highest BCUT2D eigenvalue weighted by Crippen LogP contribution is 2.09. The Balaban J connectivity index is 1.69. The molecular weight excluding hydrogens is 354 g/mol. The van der Waals surface area contributed by atoms with Gasteiger partial charge >= 0.3 is 5.97 Å². The summed E-state index contributed by atoms with van der Waals surface area (Å²) in [6.07, 6.45) is 5.93. The molecule has 140 valence electrons. The number of esters is 1. The fourth-order valence-electron chi connectivity index (χ4n) is 2.37. The molecule has 0 aliphatic heterocycles. The third kappa shape index (κ3) is 5.85. The van der Waals surface area contributed by atoms with E-state index in [0.717, 1.165) is 11.1 Å². The molecule has 5 nitrogen and oxygen atoms in total. The second kappa shape index (κ2) is 9.73. The van der Waals surface area contributed by atoms with Gasteiger partial charge in [0.25, 0.3) is 0 Å². The Labute approximate surface area is 163 Å². The smallest absolute Gasteiger partial charge is 0.355 e. The van der Waals surface area contributed by atoms with Gasteiger partial charge in [0.1, 0.15) is 18.1 Å². The molecule has 1 amide bonds. The fourth-order valence-corrected chi connectivity index (χ4v) is 2.37. The Bertz CT molecular complexity index is 958. The molecule has 0 spiro atoms. The molecule has 0 unspecified atom stereocenters. The summed E-state index contributed by atoms with van der Waals surface area (Å²) in [6.45, 7) is 0.102. The van der Waals surface area contributed by atoms with Gasteiger partial charge in [-0.15, -0.1) is 0 Å². The van der Waals surface area contributed by atoms with Crippen molar-refractivity contribution in [1.82, 2.24) is 5.32 Å². The van der Waals surface area contributed by atoms with Crippen LogP contribution in [0.3, 0.4) is 0 Å². The minimum absolute atomic E-state index is 0.00593. The monoisotopic (exact) mass is 373 g/mol. The van der Waals surface area contributed by atoms with Crippen LogP contribution < -0.4 is 5.32 Å². The summed E-state index contributed by atoms with van der Waals surface area (Å²) in [4.78, 5) is 24.7. The number of carbonyl (C=O) groups is 2. The average Bonchev–Trinajstić information content (AvgIpc) is 3.25. The van der Waals surface area contributed by atoms with Crippen molar-refractivity contribution >= 4 is 24.0 Å². The van der Waals surface area contributed by atoms with Gasteiger partial charge in [0, 0.05) is 12.2 Å². The number of carbonyl (C=O) groups excluding carboxylic acids is 2. The number of nitrogens with one attached hydrogen (secondary N) is 1. The van der Waals surface area contributed by atoms with E-state index in [1.54, 1.807) is 18.2 Å². The number of furan rings is 1. The van der Waals surface area contributed by atoms with E-state index in [-0.39, 0.29) is 12.3 Å². The zero-order valence-electron chi connectivity index (χ0n) is 15.1.